The molecule has 7 nitrogen and oxygen atoms in total. The highest BCUT2D eigenvalue weighted by atomic mass is 35.5. The Morgan fingerprint density at radius 3 is 2.32 bits per heavy atom. The lowest BCUT2D eigenvalue weighted by Gasteiger charge is -2.14. The van der Waals surface area contributed by atoms with E-state index in [2.05, 4.69) is 5.32 Å². The molecule has 0 aliphatic rings. The van der Waals surface area contributed by atoms with E-state index in [1.54, 1.807) is 17.7 Å². The molecule has 0 bridgehead atoms. The summed E-state index contributed by atoms with van der Waals surface area (Å²) >= 11 is 11.9. The maximum absolute atomic E-state index is 12.0. The topological polar surface area (TPSA) is 84.8 Å². The molecule has 0 saturated carbocycles. The Bertz CT molecular complexity index is 901. The van der Waals surface area contributed by atoms with Crippen LogP contribution in [0.1, 0.15) is 11.3 Å². The Hall–Kier alpha value is -2.17. The van der Waals surface area contributed by atoms with Gasteiger partial charge in [0.2, 0.25) is 0 Å². The lowest BCUT2D eigenvalue weighted by Crippen LogP contribution is -2.39. The van der Waals surface area contributed by atoms with Gasteiger partial charge in [0.1, 0.15) is 17.0 Å². The van der Waals surface area contributed by atoms with E-state index in [4.69, 9.17) is 23.2 Å². The summed E-state index contributed by atoms with van der Waals surface area (Å²) in [4.78, 5) is 23.9. The summed E-state index contributed by atoms with van der Waals surface area (Å²) in [6.07, 6.45) is 0. The first-order chi connectivity index (χ1) is 10.3. The van der Waals surface area contributed by atoms with Crippen molar-refractivity contribution in [2.24, 2.45) is 21.1 Å². The molecule has 2 aromatic rings. The van der Waals surface area contributed by atoms with Crippen LogP contribution in [0.5, 0.6) is 0 Å². The molecule has 2 rings (SSSR count). The third-order valence-corrected chi connectivity index (χ3v) is 4.27. The number of aromatic nitrogens is 3. The summed E-state index contributed by atoms with van der Waals surface area (Å²) in [7, 11) is 4.54. The molecule has 0 atom stereocenters. The standard InChI is InChI=1S/C13H13Cl2N5O2/c1-18-7(4-9(14)10(18)15)6-17-11-8(5-16)12(21)20(3)13(22)19(11)2/h4,17H,6H2,1-3H3. The van der Waals surface area contributed by atoms with Crippen molar-refractivity contribution in [2.75, 3.05) is 5.32 Å². The number of nitrogens with zero attached hydrogens (tertiary/aromatic N) is 4. The highest BCUT2D eigenvalue weighted by Crippen LogP contribution is 2.25. The van der Waals surface area contributed by atoms with Crippen molar-refractivity contribution >= 4 is 29.0 Å². The van der Waals surface area contributed by atoms with Crippen molar-refractivity contribution in [2.45, 2.75) is 6.54 Å². The van der Waals surface area contributed by atoms with E-state index in [1.807, 2.05) is 6.07 Å². The summed E-state index contributed by atoms with van der Waals surface area (Å²) in [5.41, 5.74) is -0.548. The van der Waals surface area contributed by atoms with Gasteiger partial charge in [0.15, 0.2) is 5.56 Å². The van der Waals surface area contributed by atoms with Crippen molar-refractivity contribution < 1.29 is 0 Å². The minimum absolute atomic E-state index is 0.129. The largest absolute Gasteiger partial charge is 0.365 e. The third-order valence-electron chi connectivity index (χ3n) is 3.43. The second-order valence-electron chi connectivity index (χ2n) is 4.73. The van der Waals surface area contributed by atoms with E-state index in [1.165, 1.54) is 18.7 Å². The van der Waals surface area contributed by atoms with Gasteiger partial charge in [-0.15, -0.1) is 0 Å². The molecule has 2 heterocycles. The molecular formula is C13H13Cl2N5O2. The molecule has 22 heavy (non-hydrogen) atoms. The zero-order chi connectivity index (χ0) is 16.6. The molecule has 0 aliphatic carbocycles. The molecular weight excluding hydrogens is 329 g/mol. The summed E-state index contributed by atoms with van der Waals surface area (Å²) in [5.74, 6) is 0.157. The average molecular weight is 342 g/mol. The average Bonchev–Trinajstić information content (AvgIpc) is 2.74. The Morgan fingerprint density at radius 2 is 1.82 bits per heavy atom. The molecule has 1 N–H and O–H groups in total. The summed E-state index contributed by atoms with van der Waals surface area (Å²) in [6, 6.07) is 3.49. The Kier molecular flexibility index (Phi) is 4.35. The van der Waals surface area contributed by atoms with Gasteiger partial charge in [-0.25, -0.2) is 4.79 Å². The smallest absolute Gasteiger partial charge is 0.332 e. The SMILES string of the molecule is Cn1c(CNc2c(C#N)c(=O)n(C)c(=O)n2C)cc(Cl)c1Cl. The molecule has 0 amide bonds. The first kappa shape index (κ1) is 16.2. The second-order valence-corrected chi connectivity index (χ2v) is 5.49. The molecule has 9 heteroatoms. The molecule has 0 aliphatic heterocycles. The molecule has 0 saturated heterocycles. The van der Waals surface area contributed by atoms with Gasteiger partial charge >= 0.3 is 5.69 Å². The van der Waals surface area contributed by atoms with Crippen molar-refractivity contribution in [3.05, 3.63) is 48.3 Å². The second kappa shape index (κ2) is 5.91. The molecule has 116 valence electrons. The monoisotopic (exact) mass is 341 g/mol. The van der Waals surface area contributed by atoms with Gasteiger partial charge in [0.25, 0.3) is 5.56 Å². The first-order valence-corrected chi connectivity index (χ1v) is 6.98. The van der Waals surface area contributed by atoms with Crippen LogP contribution >= 0.6 is 23.2 Å². The van der Waals surface area contributed by atoms with Crippen LogP contribution in [0.4, 0.5) is 5.82 Å². The Morgan fingerprint density at radius 1 is 1.18 bits per heavy atom. The maximum atomic E-state index is 12.0. The zero-order valence-corrected chi connectivity index (χ0v) is 13.7. The van der Waals surface area contributed by atoms with Crippen molar-refractivity contribution in [3.63, 3.8) is 0 Å². The molecule has 0 aromatic carbocycles. The van der Waals surface area contributed by atoms with Crippen molar-refractivity contribution in [1.29, 1.82) is 5.26 Å². The fourth-order valence-electron chi connectivity index (χ4n) is 2.08. The van der Waals surface area contributed by atoms with Gasteiger partial charge in [0, 0.05) is 26.8 Å². The maximum Gasteiger partial charge on any atom is 0.332 e. The van der Waals surface area contributed by atoms with Gasteiger partial charge in [0.05, 0.1) is 11.6 Å². The summed E-state index contributed by atoms with van der Waals surface area (Å²) in [5, 5.41) is 12.9. The summed E-state index contributed by atoms with van der Waals surface area (Å²) < 4.78 is 3.77. The third kappa shape index (κ3) is 2.51. The first-order valence-electron chi connectivity index (χ1n) is 6.23. The van der Waals surface area contributed by atoms with Crippen LogP contribution in [0.25, 0.3) is 0 Å². The molecule has 0 unspecified atom stereocenters. The summed E-state index contributed by atoms with van der Waals surface area (Å²) in [6.45, 7) is 0.248. The molecule has 2 aromatic heterocycles. The number of hydrogen-bond donors (Lipinski definition) is 1. The number of halogens is 2. The van der Waals surface area contributed by atoms with Crippen LogP contribution in [0.3, 0.4) is 0 Å². The quantitative estimate of drug-likeness (QED) is 0.909. The molecule has 0 spiro atoms. The highest BCUT2D eigenvalue weighted by Gasteiger charge is 2.16. The van der Waals surface area contributed by atoms with Crippen molar-refractivity contribution in [3.8, 4) is 6.07 Å². The zero-order valence-electron chi connectivity index (χ0n) is 12.1. The number of nitrogens with one attached hydrogen (secondary N) is 1. The van der Waals surface area contributed by atoms with Gasteiger partial charge in [-0.3, -0.25) is 13.9 Å². The number of anilines is 1. The lowest BCUT2D eigenvalue weighted by atomic mass is 10.3. The van der Waals surface area contributed by atoms with E-state index in [-0.39, 0.29) is 17.9 Å². The van der Waals surface area contributed by atoms with Crippen LogP contribution in [0.15, 0.2) is 15.7 Å². The van der Waals surface area contributed by atoms with E-state index in [9.17, 15) is 14.9 Å². The van der Waals surface area contributed by atoms with E-state index < -0.39 is 11.2 Å². The van der Waals surface area contributed by atoms with Gasteiger partial charge in [-0.05, 0) is 6.07 Å². The number of rotatable bonds is 3. The lowest BCUT2D eigenvalue weighted by molar-refractivity contribution is 0.683. The minimum atomic E-state index is -0.643. The van der Waals surface area contributed by atoms with Crippen LogP contribution in [-0.4, -0.2) is 13.7 Å². The fourth-order valence-corrected chi connectivity index (χ4v) is 2.50. The van der Waals surface area contributed by atoms with Crippen LogP contribution in [0.2, 0.25) is 10.2 Å². The van der Waals surface area contributed by atoms with E-state index in [0.29, 0.717) is 10.2 Å². The molecule has 0 radical (unpaired) electrons. The van der Waals surface area contributed by atoms with Gasteiger partial charge in [-0.1, -0.05) is 23.2 Å². The normalized spacial score (nSPS) is 10.5. The van der Waals surface area contributed by atoms with E-state index in [0.717, 1.165) is 10.3 Å². The van der Waals surface area contributed by atoms with Gasteiger partial charge in [-0.2, -0.15) is 5.26 Å². The highest BCUT2D eigenvalue weighted by molar-refractivity contribution is 6.41. The predicted octanol–water partition coefficient (Wildman–Crippen LogP) is 1.21. The van der Waals surface area contributed by atoms with Gasteiger partial charge < -0.3 is 9.88 Å². The van der Waals surface area contributed by atoms with Crippen LogP contribution in [0, 0.1) is 11.3 Å². The van der Waals surface area contributed by atoms with Crippen LogP contribution in [-0.2, 0) is 27.7 Å². The minimum Gasteiger partial charge on any atom is -0.365 e. The Labute approximate surface area is 135 Å². The van der Waals surface area contributed by atoms with Crippen molar-refractivity contribution in [1.82, 2.24) is 13.7 Å². The molecule has 0 fully saturated rings. The van der Waals surface area contributed by atoms with E-state index >= 15 is 0 Å². The number of hydrogen-bond acceptors (Lipinski definition) is 4. The number of nitriles is 1. The Balaban J connectivity index is 2.47. The predicted molar refractivity (Wildman–Crippen MR) is 84.4 cm³/mol. The fraction of sp³-hybridized carbons (Fsp3) is 0.308. The van der Waals surface area contributed by atoms with Crippen LogP contribution < -0.4 is 16.6 Å².